The maximum atomic E-state index is 14.7. The van der Waals surface area contributed by atoms with Crippen LogP contribution in [0, 0.1) is 5.92 Å². The van der Waals surface area contributed by atoms with E-state index in [9.17, 15) is 19.2 Å². The van der Waals surface area contributed by atoms with Crippen LogP contribution in [0.15, 0.2) is 45.3 Å². The quantitative estimate of drug-likeness (QED) is 0.259. The number of carbonyl (C=O) groups excluding carboxylic acids is 4. The predicted molar refractivity (Wildman–Crippen MR) is 164 cm³/mol. The van der Waals surface area contributed by atoms with Crippen molar-refractivity contribution in [2.75, 3.05) is 14.2 Å². The third-order valence-corrected chi connectivity index (χ3v) is 9.20. The van der Waals surface area contributed by atoms with Gasteiger partial charge in [0.2, 0.25) is 34.9 Å². The van der Waals surface area contributed by atoms with Crippen LogP contribution in [-0.2, 0) is 29.0 Å². The first-order valence-electron chi connectivity index (χ1n) is 15.0. The van der Waals surface area contributed by atoms with E-state index in [1.807, 2.05) is 30.3 Å². The lowest BCUT2D eigenvalue weighted by molar-refractivity contribution is -0.121. The lowest BCUT2D eigenvalue weighted by Gasteiger charge is -2.35. The van der Waals surface area contributed by atoms with Gasteiger partial charge in [-0.2, -0.15) is 4.98 Å². The van der Waals surface area contributed by atoms with E-state index in [4.69, 9.17) is 34.8 Å². The molecule has 0 radical (unpaired) electrons. The van der Waals surface area contributed by atoms with E-state index in [1.165, 1.54) is 20.3 Å². The van der Waals surface area contributed by atoms with Gasteiger partial charge in [0, 0.05) is 36.0 Å². The van der Waals surface area contributed by atoms with Crippen molar-refractivity contribution in [1.29, 1.82) is 0 Å². The summed E-state index contributed by atoms with van der Waals surface area (Å²) in [6.07, 6.45) is 0.817. The molecule has 13 nitrogen and oxygen atoms in total. The number of halogens is 1. The second-order valence-electron chi connectivity index (χ2n) is 11.6. The molecule has 4 aromatic rings. The van der Waals surface area contributed by atoms with E-state index in [2.05, 4.69) is 20.8 Å². The first-order chi connectivity index (χ1) is 22.7. The van der Waals surface area contributed by atoms with Gasteiger partial charge in [0.25, 0.3) is 0 Å². The maximum Gasteiger partial charge on any atom is 0.249 e. The number of nitrogens with one attached hydrogen (secondary N) is 2. The Balaban J connectivity index is 1.22. The predicted octanol–water partition coefficient (Wildman–Crippen LogP) is 4.20. The number of fused-ring (bicyclic) bond motifs is 2. The van der Waals surface area contributed by atoms with Crippen LogP contribution in [0.2, 0.25) is 5.02 Å². The van der Waals surface area contributed by atoms with Gasteiger partial charge < -0.3 is 33.8 Å². The standard InChI is InChI=1S/C33H29ClN4O9/c1-15-11-20-25(30(41)33(15)31(42)26-19(43-2)13-21(44-3)27(34)29(26)46-33)17(28(45-20)16-7-5-4-6-8-16)12-24(40)35-14-22-37-32(47-38-22)18-9-10-23(39)36-18/h4-8,13,15,18H,9-12,14H2,1-3H3,(H,35,40)(H,36,39)/t15-,18?,33+/m1/s1. The summed E-state index contributed by atoms with van der Waals surface area (Å²) in [5.41, 5.74) is -0.857. The van der Waals surface area contributed by atoms with Gasteiger partial charge in [-0.1, -0.05) is 54.0 Å². The van der Waals surface area contributed by atoms with Crippen molar-refractivity contribution in [1.82, 2.24) is 20.8 Å². The number of rotatable bonds is 8. The van der Waals surface area contributed by atoms with Gasteiger partial charge >= 0.3 is 0 Å². The molecule has 1 unspecified atom stereocenters. The summed E-state index contributed by atoms with van der Waals surface area (Å²) in [5, 5.41) is 9.48. The van der Waals surface area contributed by atoms with Crippen molar-refractivity contribution < 1.29 is 42.3 Å². The summed E-state index contributed by atoms with van der Waals surface area (Å²) < 4.78 is 28.7. The highest BCUT2D eigenvalue weighted by molar-refractivity contribution is 6.36. The number of aromatic nitrogens is 2. The molecule has 3 aliphatic rings. The molecule has 0 bridgehead atoms. The molecule has 0 saturated carbocycles. The number of ketones is 2. The molecule has 47 heavy (non-hydrogen) atoms. The van der Waals surface area contributed by atoms with Crippen LogP contribution in [0.4, 0.5) is 0 Å². The molecule has 2 N–H and O–H groups in total. The molecule has 3 atom stereocenters. The topological polar surface area (TPSA) is 172 Å². The molecule has 1 fully saturated rings. The molecule has 2 aromatic carbocycles. The number of hydrogen-bond acceptors (Lipinski definition) is 11. The third-order valence-electron chi connectivity index (χ3n) is 8.84. The first kappa shape index (κ1) is 30.5. The van der Waals surface area contributed by atoms with E-state index in [0.717, 1.165) is 0 Å². The molecule has 2 aromatic heterocycles. The van der Waals surface area contributed by atoms with Crippen molar-refractivity contribution in [3.63, 3.8) is 0 Å². The van der Waals surface area contributed by atoms with Crippen molar-refractivity contribution >= 4 is 35.0 Å². The van der Waals surface area contributed by atoms with Crippen molar-refractivity contribution in [3.8, 4) is 28.6 Å². The Bertz CT molecular complexity index is 1950. The van der Waals surface area contributed by atoms with E-state index in [1.54, 1.807) is 6.92 Å². The highest BCUT2D eigenvalue weighted by Crippen LogP contribution is 2.54. The Kier molecular flexibility index (Phi) is 7.50. The first-order valence-corrected chi connectivity index (χ1v) is 15.4. The molecular formula is C33H29ClN4O9. The van der Waals surface area contributed by atoms with Gasteiger partial charge in [-0.15, -0.1) is 0 Å². The number of nitrogens with zero attached hydrogens (tertiary/aromatic N) is 2. The smallest absolute Gasteiger partial charge is 0.249 e. The van der Waals surface area contributed by atoms with Crippen LogP contribution in [0.3, 0.4) is 0 Å². The number of benzene rings is 2. The molecule has 14 heteroatoms. The largest absolute Gasteiger partial charge is 0.496 e. The minimum Gasteiger partial charge on any atom is -0.496 e. The van der Waals surface area contributed by atoms with Crippen molar-refractivity contribution in [3.05, 3.63) is 75.6 Å². The van der Waals surface area contributed by atoms with E-state index in [-0.39, 0.29) is 76.4 Å². The van der Waals surface area contributed by atoms with Gasteiger partial charge in [-0.05, 0) is 6.42 Å². The lowest BCUT2D eigenvalue weighted by Crippen LogP contribution is -2.56. The van der Waals surface area contributed by atoms with Crippen molar-refractivity contribution in [2.45, 2.75) is 50.8 Å². The highest BCUT2D eigenvalue weighted by atomic mass is 35.5. The summed E-state index contributed by atoms with van der Waals surface area (Å²) in [4.78, 5) is 58.2. The fourth-order valence-corrected chi connectivity index (χ4v) is 6.77. The molecule has 7 rings (SSSR count). The van der Waals surface area contributed by atoms with Crippen LogP contribution >= 0.6 is 11.6 Å². The summed E-state index contributed by atoms with van der Waals surface area (Å²) in [6.45, 7) is 1.67. The van der Waals surface area contributed by atoms with Gasteiger partial charge in [0.15, 0.2) is 11.6 Å². The van der Waals surface area contributed by atoms with Crippen LogP contribution in [0.5, 0.6) is 17.2 Å². The zero-order chi connectivity index (χ0) is 33.0. The number of hydrogen-bond donors (Lipinski definition) is 2. The number of ether oxygens (including phenoxy) is 3. The van der Waals surface area contributed by atoms with Crippen molar-refractivity contribution in [2.24, 2.45) is 5.92 Å². The summed E-state index contributed by atoms with van der Waals surface area (Å²) in [5.74, 6) is -0.908. The second-order valence-corrected chi connectivity index (χ2v) is 12.0. The fourth-order valence-electron chi connectivity index (χ4n) is 6.50. The van der Waals surface area contributed by atoms with Gasteiger partial charge in [0.1, 0.15) is 39.6 Å². The molecule has 2 amide bonds. The molecule has 4 heterocycles. The second kappa shape index (κ2) is 11.6. The molecule has 1 aliphatic carbocycles. The normalized spacial score (nSPS) is 21.3. The number of carbonyl (C=O) groups is 4. The number of Topliss-reactive ketones (excluding diaryl/α,β-unsaturated/α-hetero) is 2. The molecule has 242 valence electrons. The van der Waals surface area contributed by atoms with Gasteiger partial charge in [-0.3, -0.25) is 19.2 Å². The Morgan fingerprint density at radius 2 is 1.85 bits per heavy atom. The van der Waals surface area contributed by atoms with Gasteiger partial charge in [0.05, 0.1) is 32.7 Å². The monoisotopic (exact) mass is 660 g/mol. The zero-order valence-electron chi connectivity index (χ0n) is 25.6. The summed E-state index contributed by atoms with van der Waals surface area (Å²) in [6, 6.07) is 10.2. The molecule has 1 spiro atoms. The fraction of sp³-hybridized carbons (Fsp3) is 0.333. The highest BCUT2D eigenvalue weighted by Gasteiger charge is 2.63. The van der Waals surface area contributed by atoms with Crippen LogP contribution in [-0.4, -0.2) is 53.3 Å². The average Bonchev–Trinajstić information content (AvgIpc) is 3.86. The van der Waals surface area contributed by atoms with Gasteiger partial charge in [-0.25, -0.2) is 0 Å². The van der Waals surface area contributed by atoms with E-state index >= 15 is 0 Å². The summed E-state index contributed by atoms with van der Waals surface area (Å²) in [7, 11) is 2.81. The number of furan rings is 1. The van der Waals surface area contributed by atoms with Crippen LogP contribution < -0.4 is 24.8 Å². The molecular weight excluding hydrogens is 632 g/mol. The molecule has 2 aliphatic heterocycles. The minimum absolute atomic E-state index is 0.000705. The van der Waals surface area contributed by atoms with E-state index < -0.39 is 29.0 Å². The SMILES string of the molecule is COc1cc(OC)c2c(c1Cl)O[C@@]1(C(=O)c3c(oc(-c4ccccc4)c3CC(=O)NCc3noc(C4CCC(=O)N4)n3)C[C@H]1C)C2=O. The minimum atomic E-state index is -1.97. The summed E-state index contributed by atoms with van der Waals surface area (Å²) >= 11 is 6.59. The molecule has 1 saturated heterocycles. The Morgan fingerprint density at radius 1 is 1.11 bits per heavy atom. The number of methoxy groups -OCH3 is 2. The Hall–Kier alpha value is -5.17. The Morgan fingerprint density at radius 3 is 2.55 bits per heavy atom. The third kappa shape index (κ3) is 4.84. The van der Waals surface area contributed by atoms with E-state index in [0.29, 0.717) is 35.5 Å². The average molecular weight is 661 g/mol. The van der Waals surface area contributed by atoms with Crippen LogP contribution in [0.25, 0.3) is 11.3 Å². The zero-order valence-corrected chi connectivity index (χ0v) is 26.4. The lowest BCUT2D eigenvalue weighted by atomic mass is 9.70. The number of amides is 2. The maximum absolute atomic E-state index is 14.7. The Labute approximate surface area is 272 Å². The van der Waals surface area contributed by atoms with Crippen LogP contribution in [0.1, 0.15) is 69.6 Å².